The molecule has 2 aliphatic rings. The first-order valence-corrected chi connectivity index (χ1v) is 11.6. The van der Waals surface area contributed by atoms with Gasteiger partial charge in [-0.1, -0.05) is 36.6 Å². The average molecular weight is 414 g/mol. The van der Waals surface area contributed by atoms with E-state index in [1.54, 1.807) is 6.33 Å². The number of aryl methyl sites for hydroxylation is 1. The lowest BCUT2D eigenvalue weighted by molar-refractivity contribution is 0.498. The zero-order valence-electron chi connectivity index (χ0n) is 17.8. The molecule has 2 aliphatic carbocycles. The Morgan fingerprint density at radius 3 is 2.55 bits per heavy atom. The number of benzene rings is 1. The first-order chi connectivity index (χ1) is 15.3. The summed E-state index contributed by atoms with van der Waals surface area (Å²) in [4.78, 5) is 28.3. The Labute approximate surface area is 180 Å². The van der Waals surface area contributed by atoms with Gasteiger partial charge in [-0.2, -0.15) is 0 Å². The largest absolute Gasteiger partial charge is 0.308 e. The third-order valence-electron chi connectivity index (χ3n) is 7.04. The summed E-state index contributed by atoms with van der Waals surface area (Å²) in [6, 6.07) is 8.14. The summed E-state index contributed by atoms with van der Waals surface area (Å²) >= 11 is 0. The van der Waals surface area contributed by atoms with Crippen molar-refractivity contribution in [2.75, 3.05) is 0 Å². The normalized spacial score (nSPS) is 17.7. The lowest BCUT2D eigenvalue weighted by Gasteiger charge is -2.14. The topological polar surface area (TPSA) is 65.6 Å². The molecular formula is C25H27N5O. The van der Waals surface area contributed by atoms with Crippen LogP contribution in [0.1, 0.15) is 63.8 Å². The van der Waals surface area contributed by atoms with Crippen molar-refractivity contribution >= 4 is 33.2 Å². The molecule has 0 spiro atoms. The number of fused-ring (bicyclic) bond motifs is 4. The molecule has 158 valence electrons. The molecule has 0 aliphatic heterocycles. The van der Waals surface area contributed by atoms with Crippen molar-refractivity contribution in [3.05, 3.63) is 52.6 Å². The summed E-state index contributed by atoms with van der Waals surface area (Å²) in [5.41, 5.74) is 5.40. The van der Waals surface area contributed by atoms with E-state index in [1.165, 1.54) is 44.1 Å². The molecule has 6 heteroatoms. The highest BCUT2D eigenvalue weighted by Crippen LogP contribution is 2.31. The van der Waals surface area contributed by atoms with Crippen LogP contribution in [0.5, 0.6) is 0 Å². The molecule has 0 radical (unpaired) electrons. The van der Waals surface area contributed by atoms with Crippen LogP contribution in [0.25, 0.3) is 33.2 Å². The van der Waals surface area contributed by atoms with E-state index >= 15 is 0 Å². The minimum absolute atomic E-state index is 0.0297. The van der Waals surface area contributed by atoms with Crippen molar-refractivity contribution in [2.24, 2.45) is 0 Å². The van der Waals surface area contributed by atoms with Crippen LogP contribution in [0.15, 0.2) is 47.0 Å². The second kappa shape index (κ2) is 7.59. The Morgan fingerprint density at radius 2 is 1.77 bits per heavy atom. The molecule has 6 nitrogen and oxygen atoms in total. The summed E-state index contributed by atoms with van der Waals surface area (Å²) < 4.78 is 3.97. The van der Waals surface area contributed by atoms with E-state index in [1.807, 2.05) is 28.8 Å². The Bertz CT molecular complexity index is 1370. The molecule has 0 N–H and O–H groups in total. The van der Waals surface area contributed by atoms with Crippen LogP contribution in [0, 0.1) is 0 Å². The van der Waals surface area contributed by atoms with Gasteiger partial charge in [0.2, 0.25) is 0 Å². The van der Waals surface area contributed by atoms with Crippen molar-refractivity contribution in [2.45, 2.75) is 70.4 Å². The molecule has 4 aromatic rings. The number of para-hydroxylation sites is 2. The van der Waals surface area contributed by atoms with Gasteiger partial charge in [0.1, 0.15) is 17.2 Å². The van der Waals surface area contributed by atoms with Gasteiger partial charge in [0.25, 0.3) is 5.56 Å². The maximum absolute atomic E-state index is 13.6. The Morgan fingerprint density at radius 1 is 0.968 bits per heavy atom. The quantitative estimate of drug-likeness (QED) is 0.426. The summed E-state index contributed by atoms with van der Waals surface area (Å²) in [7, 11) is 0. The highest BCUT2D eigenvalue weighted by molar-refractivity contribution is 6.04. The van der Waals surface area contributed by atoms with Gasteiger partial charge in [0.15, 0.2) is 11.3 Å². The smallest absolute Gasteiger partial charge is 0.265 e. The predicted octanol–water partition coefficient (Wildman–Crippen LogP) is 5.30. The number of aromatic nitrogens is 5. The fraction of sp³-hybridized carbons (Fsp3) is 0.440. The summed E-state index contributed by atoms with van der Waals surface area (Å²) in [6.07, 6.45) is 14.5. The van der Waals surface area contributed by atoms with E-state index < -0.39 is 0 Å². The maximum atomic E-state index is 13.6. The first kappa shape index (κ1) is 18.7. The van der Waals surface area contributed by atoms with Crippen LogP contribution in [0.3, 0.4) is 0 Å². The van der Waals surface area contributed by atoms with Gasteiger partial charge in [-0.25, -0.2) is 15.0 Å². The Kier molecular flexibility index (Phi) is 4.59. The minimum Gasteiger partial charge on any atom is -0.308 e. The summed E-state index contributed by atoms with van der Waals surface area (Å²) in [5, 5.41) is 0.625. The average Bonchev–Trinajstić information content (AvgIpc) is 3.44. The standard InChI is InChI=1S/C25H27N5O/c31-25-21-22-24(28-20-13-7-6-12-19(20)27-22)29(15-14-17-8-2-1-3-9-17)23(21)26-16-30(25)18-10-4-5-11-18/h6-8,12-13,16,18H,1-5,9-11,14-15H2. The Hall–Kier alpha value is -3.02. The van der Waals surface area contributed by atoms with E-state index in [4.69, 9.17) is 15.0 Å². The van der Waals surface area contributed by atoms with Crippen LogP contribution in [0.4, 0.5) is 0 Å². The van der Waals surface area contributed by atoms with Crippen LogP contribution in [-0.2, 0) is 6.54 Å². The van der Waals surface area contributed by atoms with E-state index in [9.17, 15) is 4.79 Å². The molecule has 1 fully saturated rings. The molecule has 1 aromatic carbocycles. The lowest BCUT2D eigenvalue weighted by atomic mass is 9.97. The number of nitrogens with zero attached hydrogens (tertiary/aromatic N) is 5. The van der Waals surface area contributed by atoms with Crippen molar-refractivity contribution in [3.63, 3.8) is 0 Å². The molecule has 0 saturated heterocycles. The van der Waals surface area contributed by atoms with Crippen molar-refractivity contribution in [3.8, 4) is 0 Å². The molecule has 1 saturated carbocycles. The van der Waals surface area contributed by atoms with Gasteiger partial charge in [0.05, 0.1) is 11.0 Å². The third-order valence-corrected chi connectivity index (χ3v) is 7.04. The number of hydrogen-bond donors (Lipinski definition) is 0. The highest BCUT2D eigenvalue weighted by atomic mass is 16.1. The zero-order chi connectivity index (χ0) is 20.8. The predicted molar refractivity (Wildman–Crippen MR) is 123 cm³/mol. The fourth-order valence-corrected chi connectivity index (χ4v) is 5.36. The van der Waals surface area contributed by atoms with E-state index in [0.717, 1.165) is 48.1 Å². The van der Waals surface area contributed by atoms with E-state index in [-0.39, 0.29) is 11.6 Å². The molecule has 31 heavy (non-hydrogen) atoms. The molecule has 6 rings (SSSR count). The number of hydrogen-bond acceptors (Lipinski definition) is 4. The van der Waals surface area contributed by atoms with E-state index in [0.29, 0.717) is 10.9 Å². The molecule has 3 aromatic heterocycles. The molecule has 0 amide bonds. The van der Waals surface area contributed by atoms with Gasteiger partial charge < -0.3 is 4.57 Å². The second-order valence-electron chi connectivity index (χ2n) is 8.99. The maximum Gasteiger partial charge on any atom is 0.265 e. The fourth-order valence-electron chi connectivity index (χ4n) is 5.36. The molecule has 0 atom stereocenters. The van der Waals surface area contributed by atoms with Gasteiger partial charge >= 0.3 is 0 Å². The first-order valence-electron chi connectivity index (χ1n) is 11.6. The van der Waals surface area contributed by atoms with Gasteiger partial charge in [-0.05, 0) is 57.1 Å². The Balaban J connectivity index is 1.57. The SMILES string of the molecule is O=c1c2c3nc4ccccc4nc3n(CCC3=CCCCC3)c2ncn1C1CCCC1. The second-order valence-corrected chi connectivity index (χ2v) is 8.99. The zero-order valence-corrected chi connectivity index (χ0v) is 17.8. The van der Waals surface area contributed by atoms with Gasteiger partial charge in [-0.15, -0.1) is 0 Å². The lowest BCUT2D eigenvalue weighted by Crippen LogP contribution is -2.24. The molecule has 0 unspecified atom stereocenters. The van der Waals surface area contributed by atoms with E-state index in [2.05, 4.69) is 10.6 Å². The summed E-state index contributed by atoms with van der Waals surface area (Å²) in [6.45, 7) is 0.777. The number of allylic oxidation sites excluding steroid dienone is 2. The van der Waals surface area contributed by atoms with Gasteiger partial charge in [-0.3, -0.25) is 9.36 Å². The van der Waals surface area contributed by atoms with Crippen molar-refractivity contribution in [1.82, 2.24) is 24.1 Å². The van der Waals surface area contributed by atoms with Crippen molar-refractivity contribution < 1.29 is 0 Å². The van der Waals surface area contributed by atoms with Crippen LogP contribution < -0.4 is 5.56 Å². The third kappa shape index (κ3) is 3.16. The summed E-state index contributed by atoms with van der Waals surface area (Å²) in [5.74, 6) is 0. The molecule has 0 bridgehead atoms. The van der Waals surface area contributed by atoms with Crippen molar-refractivity contribution in [1.29, 1.82) is 0 Å². The highest BCUT2D eigenvalue weighted by Gasteiger charge is 2.24. The number of rotatable bonds is 4. The molecular weight excluding hydrogens is 386 g/mol. The minimum atomic E-state index is 0.0297. The van der Waals surface area contributed by atoms with Gasteiger partial charge in [0, 0.05) is 12.6 Å². The van der Waals surface area contributed by atoms with Crippen LogP contribution in [-0.4, -0.2) is 24.1 Å². The van der Waals surface area contributed by atoms with Crippen LogP contribution >= 0.6 is 0 Å². The monoisotopic (exact) mass is 413 g/mol. The molecule has 3 heterocycles. The van der Waals surface area contributed by atoms with Crippen LogP contribution in [0.2, 0.25) is 0 Å².